The van der Waals surface area contributed by atoms with Crippen molar-refractivity contribution in [2.45, 2.75) is 31.7 Å². The summed E-state index contributed by atoms with van der Waals surface area (Å²) in [5.41, 5.74) is 0.549. The molecule has 1 aliphatic carbocycles. The third-order valence-corrected chi connectivity index (χ3v) is 5.56. The molecule has 0 saturated heterocycles. The number of carbonyl (C=O) groups is 1. The molecule has 1 atom stereocenters. The maximum Gasteiger partial charge on any atom is 0.230 e. The summed E-state index contributed by atoms with van der Waals surface area (Å²) in [5.74, 6) is 0.595. The molecule has 0 heterocycles. The summed E-state index contributed by atoms with van der Waals surface area (Å²) >= 11 is 0. The zero-order chi connectivity index (χ0) is 20.7. The summed E-state index contributed by atoms with van der Waals surface area (Å²) in [7, 11) is 9.29. The highest BCUT2D eigenvalue weighted by atomic mass is 127. The number of rotatable bonds is 7. The number of hydrogen-bond acceptors (Lipinski definition) is 3. The molecule has 8 heteroatoms. The SMILES string of the molecule is CN=C(NCC(c1cccc(F)c1)N(C)C)NCC1(C(=O)N(C)C)CCCC1.I. The van der Waals surface area contributed by atoms with Gasteiger partial charge in [-0.1, -0.05) is 25.0 Å². The Labute approximate surface area is 191 Å². The predicted molar refractivity (Wildman–Crippen MR) is 127 cm³/mol. The molecule has 2 N–H and O–H groups in total. The Morgan fingerprint density at radius 3 is 2.38 bits per heavy atom. The van der Waals surface area contributed by atoms with Crippen LogP contribution in [-0.4, -0.2) is 70.0 Å². The minimum atomic E-state index is -0.357. The number of nitrogens with zero attached hydrogens (tertiary/aromatic N) is 3. The number of hydrogen-bond donors (Lipinski definition) is 2. The molecule has 1 fully saturated rings. The largest absolute Gasteiger partial charge is 0.355 e. The Morgan fingerprint density at radius 1 is 1.21 bits per heavy atom. The smallest absolute Gasteiger partial charge is 0.230 e. The second kappa shape index (κ2) is 11.7. The quantitative estimate of drug-likeness (QED) is 0.331. The molecular weight excluding hydrogens is 484 g/mol. The highest BCUT2D eigenvalue weighted by Gasteiger charge is 2.42. The van der Waals surface area contributed by atoms with Crippen molar-refractivity contribution in [2.75, 3.05) is 48.3 Å². The van der Waals surface area contributed by atoms with Gasteiger partial charge in [-0.3, -0.25) is 9.79 Å². The standard InChI is InChI=1S/C21H34FN5O.HI/c1-23-20(25-15-21(11-6-7-12-21)19(28)27(4)5)24-14-18(26(2)3)16-9-8-10-17(22)13-16;/h8-10,13,18H,6-7,11-12,14-15H2,1-5H3,(H2,23,24,25);1H. The lowest BCUT2D eigenvalue weighted by Gasteiger charge is -2.32. The van der Waals surface area contributed by atoms with Gasteiger partial charge in [0, 0.05) is 34.2 Å². The lowest BCUT2D eigenvalue weighted by molar-refractivity contribution is -0.138. The third kappa shape index (κ3) is 6.80. The van der Waals surface area contributed by atoms with Crippen LogP contribution in [0.25, 0.3) is 0 Å². The normalized spacial score (nSPS) is 16.9. The fraction of sp³-hybridized carbons (Fsp3) is 0.619. The van der Waals surface area contributed by atoms with Gasteiger partial charge >= 0.3 is 0 Å². The lowest BCUT2D eigenvalue weighted by Crippen LogP contribution is -2.50. The minimum absolute atomic E-state index is 0. The minimum Gasteiger partial charge on any atom is -0.355 e. The second-order valence-corrected chi connectivity index (χ2v) is 8.03. The fourth-order valence-electron chi connectivity index (χ4n) is 3.97. The van der Waals surface area contributed by atoms with E-state index in [1.165, 1.54) is 6.07 Å². The molecule has 0 radical (unpaired) electrons. The molecule has 0 bridgehead atoms. The molecule has 1 aromatic carbocycles. The van der Waals surface area contributed by atoms with Gasteiger partial charge in [0.2, 0.25) is 5.91 Å². The van der Waals surface area contributed by atoms with E-state index in [0.29, 0.717) is 19.0 Å². The Kier molecular flexibility index (Phi) is 10.3. The average Bonchev–Trinajstić information content (AvgIpc) is 3.13. The van der Waals surface area contributed by atoms with Crippen LogP contribution in [0.3, 0.4) is 0 Å². The average molecular weight is 519 g/mol. The molecule has 0 aliphatic heterocycles. The maximum atomic E-state index is 13.6. The van der Waals surface area contributed by atoms with E-state index >= 15 is 0 Å². The summed E-state index contributed by atoms with van der Waals surface area (Å²) in [6, 6.07) is 6.66. The van der Waals surface area contributed by atoms with Crippen LogP contribution in [0.15, 0.2) is 29.3 Å². The summed E-state index contributed by atoms with van der Waals surface area (Å²) in [5, 5.41) is 6.67. The summed E-state index contributed by atoms with van der Waals surface area (Å²) < 4.78 is 13.6. The first-order valence-electron chi connectivity index (χ1n) is 9.87. The van der Waals surface area contributed by atoms with E-state index in [1.54, 1.807) is 24.1 Å². The molecule has 0 spiro atoms. The molecule has 1 aliphatic rings. The molecular formula is C21H35FIN5O. The first-order valence-corrected chi connectivity index (χ1v) is 9.87. The van der Waals surface area contributed by atoms with Crippen molar-refractivity contribution in [1.29, 1.82) is 0 Å². The zero-order valence-electron chi connectivity index (χ0n) is 18.2. The van der Waals surface area contributed by atoms with Crippen molar-refractivity contribution in [2.24, 2.45) is 10.4 Å². The van der Waals surface area contributed by atoms with E-state index in [4.69, 9.17) is 0 Å². The number of aliphatic imine (C=N–C) groups is 1. The highest BCUT2D eigenvalue weighted by molar-refractivity contribution is 14.0. The second-order valence-electron chi connectivity index (χ2n) is 8.03. The number of nitrogens with one attached hydrogen (secondary N) is 2. The molecule has 0 aromatic heterocycles. The predicted octanol–water partition coefficient (Wildman–Crippen LogP) is 2.86. The van der Waals surface area contributed by atoms with Crippen LogP contribution in [0.4, 0.5) is 4.39 Å². The molecule has 6 nitrogen and oxygen atoms in total. The number of halogens is 2. The van der Waals surface area contributed by atoms with E-state index in [2.05, 4.69) is 15.6 Å². The maximum absolute atomic E-state index is 13.6. The van der Waals surface area contributed by atoms with Crippen LogP contribution in [0.1, 0.15) is 37.3 Å². The van der Waals surface area contributed by atoms with E-state index in [1.807, 2.05) is 39.2 Å². The Bertz CT molecular complexity index is 689. The van der Waals surface area contributed by atoms with Crippen molar-refractivity contribution in [3.05, 3.63) is 35.6 Å². The highest BCUT2D eigenvalue weighted by Crippen LogP contribution is 2.38. The monoisotopic (exact) mass is 519 g/mol. The van der Waals surface area contributed by atoms with Gasteiger partial charge < -0.3 is 20.4 Å². The van der Waals surface area contributed by atoms with E-state index in [-0.39, 0.29) is 47.2 Å². The van der Waals surface area contributed by atoms with Crippen molar-refractivity contribution in [3.8, 4) is 0 Å². The number of benzene rings is 1. The van der Waals surface area contributed by atoms with Gasteiger partial charge in [0.05, 0.1) is 11.5 Å². The van der Waals surface area contributed by atoms with Gasteiger partial charge in [0.25, 0.3) is 0 Å². The number of guanidine groups is 1. The molecule has 164 valence electrons. The van der Waals surface area contributed by atoms with Crippen LogP contribution in [0, 0.1) is 11.2 Å². The molecule has 1 aromatic rings. The molecule has 1 amide bonds. The summed E-state index contributed by atoms with van der Waals surface area (Å²) in [6.45, 7) is 1.14. The number of amides is 1. The lowest BCUT2D eigenvalue weighted by atomic mass is 9.84. The zero-order valence-corrected chi connectivity index (χ0v) is 20.5. The van der Waals surface area contributed by atoms with Crippen molar-refractivity contribution in [1.82, 2.24) is 20.4 Å². The van der Waals surface area contributed by atoms with E-state index < -0.39 is 0 Å². The van der Waals surface area contributed by atoms with Crippen LogP contribution in [-0.2, 0) is 4.79 Å². The summed E-state index contributed by atoms with van der Waals surface area (Å²) in [6.07, 6.45) is 3.96. The Hall–Kier alpha value is -1.42. The van der Waals surface area contributed by atoms with E-state index in [0.717, 1.165) is 31.2 Å². The van der Waals surface area contributed by atoms with Crippen LogP contribution >= 0.6 is 24.0 Å². The molecule has 2 rings (SSSR count). The van der Waals surface area contributed by atoms with Crippen molar-refractivity contribution < 1.29 is 9.18 Å². The Balaban J connectivity index is 0.00000420. The number of carbonyl (C=O) groups excluding carboxylic acids is 1. The first kappa shape index (κ1) is 25.6. The van der Waals surface area contributed by atoms with Gasteiger partial charge in [-0.2, -0.15) is 0 Å². The Morgan fingerprint density at radius 2 is 1.86 bits per heavy atom. The molecule has 29 heavy (non-hydrogen) atoms. The van der Waals surface area contributed by atoms with Crippen LogP contribution < -0.4 is 10.6 Å². The van der Waals surface area contributed by atoms with Gasteiger partial charge in [-0.25, -0.2) is 4.39 Å². The van der Waals surface area contributed by atoms with Gasteiger partial charge in [0.1, 0.15) is 5.82 Å². The molecule has 1 saturated carbocycles. The van der Waals surface area contributed by atoms with Crippen LogP contribution in [0.2, 0.25) is 0 Å². The third-order valence-electron chi connectivity index (χ3n) is 5.56. The fourth-order valence-corrected chi connectivity index (χ4v) is 3.97. The van der Waals surface area contributed by atoms with Crippen molar-refractivity contribution >= 4 is 35.8 Å². The number of likely N-dealkylation sites (N-methyl/N-ethyl adjacent to an activating group) is 1. The van der Waals surface area contributed by atoms with Gasteiger partial charge in [0.15, 0.2) is 5.96 Å². The van der Waals surface area contributed by atoms with Crippen LogP contribution in [0.5, 0.6) is 0 Å². The molecule has 1 unspecified atom stereocenters. The first-order chi connectivity index (χ1) is 13.3. The van der Waals surface area contributed by atoms with E-state index in [9.17, 15) is 9.18 Å². The van der Waals surface area contributed by atoms with Gasteiger partial charge in [-0.05, 0) is 44.6 Å². The topological polar surface area (TPSA) is 60.0 Å². The van der Waals surface area contributed by atoms with Crippen molar-refractivity contribution in [3.63, 3.8) is 0 Å². The van der Waals surface area contributed by atoms with Gasteiger partial charge in [-0.15, -0.1) is 24.0 Å². The summed E-state index contributed by atoms with van der Waals surface area (Å²) in [4.78, 5) is 20.8.